The topological polar surface area (TPSA) is 48.5 Å². The molecule has 0 bridgehead atoms. The van der Waals surface area contributed by atoms with Crippen LogP contribution < -0.4 is 0 Å². The molecule has 4 aromatic rings. The van der Waals surface area contributed by atoms with Crippen molar-refractivity contribution in [1.82, 2.24) is 24.8 Å². The van der Waals surface area contributed by atoms with E-state index in [2.05, 4.69) is 70.9 Å². The van der Waals surface area contributed by atoms with Gasteiger partial charge in [0.2, 0.25) is 0 Å². The Hall–Kier alpha value is -3.21. The van der Waals surface area contributed by atoms with E-state index in [0.29, 0.717) is 6.54 Å². The molecule has 0 atom stereocenters. The Labute approximate surface area is 146 Å². The minimum absolute atomic E-state index is 0.701. The van der Waals surface area contributed by atoms with Crippen molar-refractivity contribution in [3.05, 3.63) is 78.2 Å². The molecule has 124 valence electrons. The Kier molecular flexibility index (Phi) is 3.90. The molecule has 2 aromatic heterocycles. The third-order valence-corrected chi connectivity index (χ3v) is 4.22. The largest absolute Gasteiger partial charge is 0.275 e. The zero-order valence-electron chi connectivity index (χ0n) is 14.3. The second-order valence-electron chi connectivity index (χ2n) is 6.27. The minimum atomic E-state index is 0.701. The van der Waals surface area contributed by atoms with Crippen LogP contribution in [0, 0.1) is 6.92 Å². The maximum absolute atomic E-state index is 4.28. The van der Waals surface area contributed by atoms with Gasteiger partial charge in [-0.1, -0.05) is 59.3 Å². The Balaban J connectivity index is 1.50. The molecule has 2 heterocycles. The molecule has 0 unspecified atom stereocenters. The molecule has 2 aromatic carbocycles. The number of benzene rings is 2. The van der Waals surface area contributed by atoms with Crippen molar-refractivity contribution >= 4 is 0 Å². The van der Waals surface area contributed by atoms with Gasteiger partial charge < -0.3 is 0 Å². The summed E-state index contributed by atoms with van der Waals surface area (Å²) in [4.78, 5) is 0. The summed E-state index contributed by atoms with van der Waals surface area (Å²) in [5.41, 5.74) is 6.70. The molecule has 0 radical (unpaired) electrons. The average Bonchev–Trinajstić information content (AvgIpc) is 3.26. The Bertz CT molecular complexity index is 978. The summed E-state index contributed by atoms with van der Waals surface area (Å²) in [6.45, 7) is 2.78. The maximum Gasteiger partial charge on any atom is 0.113 e. The maximum atomic E-state index is 4.28. The van der Waals surface area contributed by atoms with Crippen LogP contribution in [0.25, 0.3) is 22.4 Å². The first-order valence-corrected chi connectivity index (χ1v) is 8.22. The highest BCUT2D eigenvalue weighted by molar-refractivity contribution is 5.62. The van der Waals surface area contributed by atoms with E-state index in [1.165, 1.54) is 11.1 Å². The second kappa shape index (κ2) is 6.36. The lowest BCUT2D eigenvalue weighted by molar-refractivity contribution is 0.650. The lowest BCUT2D eigenvalue weighted by Crippen LogP contribution is -2.00. The molecule has 0 aliphatic heterocycles. The van der Waals surface area contributed by atoms with Crippen LogP contribution in [-0.4, -0.2) is 24.8 Å². The first-order valence-electron chi connectivity index (χ1n) is 8.22. The monoisotopic (exact) mass is 329 g/mol. The van der Waals surface area contributed by atoms with E-state index >= 15 is 0 Å². The van der Waals surface area contributed by atoms with Gasteiger partial charge in [0.25, 0.3) is 0 Å². The van der Waals surface area contributed by atoms with Gasteiger partial charge in [0, 0.05) is 24.4 Å². The van der Waals surface area contributed by atoms with E-state index in [1.54, 1.807) is 0 Å². The van der Waals surface area contributed by atoms with Crippen molar-refractivity contribution in [3.63, 3.8) is 0 Å². The quantitative estimate of drug-likeness (QED) is 0.573. The number of aryl methyl sites for hydroxylation is 2. The summed E-state index contributed by atoms with van der Waals surface area (Å²) in [6, 6.07) is 16.8. The lowest BCUT2D eigenvalue weighted by atomic mass is 10.1. The highest BCUT2D eigenvalue weighted by Crippen LogP contribution is 2.20. The van der Waals surface area contributed by atoms with E-state index in [0.717, 1.165) is 22.4 Å². The average molecular weight is 329 g/mol. The second-order valence-corrected chi connectivity index (χ2v) is 6.27. The highest BCUT2D eigenvalue weighted by Gasteiger charge is 2.05. The molecule has 4 rings (SSSR count). The van der Waals surface area contributed by atoms with Crippen molar-refractivity contribution in [2.45, 2.75) is 13.5 Å². The van der Waals surface area contributed by atoms with Gasteiger partial charge in [-0.05, 0) is 18.1 Å². The molecule has 0 aliphatic rings. The zero-order chi connectivity index (χ0) is 17.2. The molecule has 0 N–H and O–H groups in total. The fourth-order valence-corrected chi connectivity index (χ4v) is 2.79. The van der Waals surface area contributed by atoms with Gasteiger partial charge in [-0.15, -0.1) is 5.10 Å². The van der Waals surface area contributed by atoms with Crippen molar-refractivity contribution in [1.29, 1.82) is 0 Å². The fourth-order valence-electron chi connectivity index (χ4n) is 2.79. The van der Waals surface area contributed by atoms with E-state index in [9.17, 15) is 0 Å². The Morgan fingerprint density at radius 2 is 1.56 bits per heavy atom. The van der Waals surface area contributed by atoms with Gasteiger partial charge in [-0.3, -0.25) is 4.68 Å². The third kappa shape index (κ3) is 3.35. The molecule has 5 heteroatoms. The summed E-state index contributed by atoms with van der Waals surface area (Å²) in [6.07, 6.45) is 5.88. The van der Waals surface area contributed by atoms with E-state index in [4.69, 9.17) is 0 Å². The first kappa shape index (κ1) is 15.3. The Morgan fingerprint density at radius 1 is 0.840 bits per heavy atom. The zero-order valence-corrected chi connectivity index (χ0v) is 14.3. The summed E-state index contributed by atoms with van der Waals surface area (Å²) < 4.78 is 3.68. The third-order valence-electron chi connectivity index (χ3n) is 4.22. The van der Waals surface area contributed by atoms with E-state index in [1.807, 2.05) is 35.0 Å². The van der Waals surface area contributed by atoms with Crippen molar-refractivity contribution < 1.29 is 0 Å². The van der Waals surface area contributed by atoms with Gasteiger partial charge in [0.05, 0.1) is 18.9 Å². The van der Waals surface area contributed by atoms with Gasteiger partial charge in [-0.25, -0.2) is 4.68 Å². The van der Waals surface area contributed by atoms with Crippen molar-refractivity contribution in [3.8, 4) is 22.4 Å². The molecule has 0 saturated carbocycles. The van der Waals surface area contributed by atoms with Crippen molar-refractivity contribution in [2.24, 2.45) is 7.05 Å². The van der Waals surface area contributed by atoms with Crippen LogP contribution in [0.1, 0.15) is 11.1 Å². The first-order chi connectivity index (χ1) is 12.2. The molecule has 5 nitrogen and oxygen atoms in total. The normalized spacial score (nSPS) is 11.0. The van der Waals surface area contributed by atoms with E-state index in [-0.39, 0.29) is 0 Å². The van der Waals surface area contributed by atoms with Crippen LogP contribution in [0.3, 0.4) is 0 Å². The SMILES string of the molecule is Cc1ccc(-c2cn(Cc3ccc(-c4cnn(C)c4)cc3)nn2)cc1. The molecule has 0 amide bonds. The predicted octanol–water partition coefficient (Wildman–Crippen LogP) is 3.70. The Morgan fingerprint density at radius 3 is 2.24 bits per heavy atom. The van der Waals surface area contributed by atoms with Crippen LogP contribution in [0.15, 0.2) is 67.1 Å². The number of hydrogen-bond acceptors (Lipinski definition) is 3. The minimum Gasteiger partial charge on any atom is -0.275 e. The van der Waals surface area contributed by atoms with Crippen LogP contribution in [0.5, 0.6) is 0 Å². The summed E-state index contributed by atoms with van der Waals surface area (Å²) in [5.74, 6) is 0. The van der Waals surface area contributed by atoms with Crippen LogP contribution in [0.2, 0.25) is 0 Å². The van der Waals surface area contributed by atoms with Crippen LogP contribution in [0.4, 0.5) is 0 Å². The molecular formula is C20H19N5. The summed E-state index contributed by atoms with van der Waals surface area (Å²) >= 11 is 0. The molecule has 0 saturated heterocycles. The van der Waals surface area contributed by atoms with E-state index < -0.39 is 0 Å². The smallest absolute Gasteiger partial charge is 0.113 e. The fraction of sp³-hybridized carbons (Fsp3) is 0.150. The summed E-state index contributed by atoms with van der Waals surface area (Å²) in [7, 11) is 1.92. The van der Waals surface area contributed by atoms with Crippen LogP contribution in [-0.2, 0) is 13.6 Å². The van der Waals surface area contributed by atoms with Crippen molar-refractivity contribution in [2.75, 3.05) is 0 Å². The lowest BCUT2D eigenvalue weighted by Gasteiger charge is -2.03. The van der Waals surface area contributed by atoms with Gasteiger partial charge in [0.15, 0.2) is 0 Å². The van der Waals surface area contributed by atoms with Crippen LogP contribution >= 0.6 is 0 Å². The van der Waals surface area contributed by atoms with Gasteiger partial charge in [-0.2, -0.15) is 5.10 Å². The predicted molar refractivity (Wildman–Crippen MR) is 97.9 cm³/mol. The molecule has 0 aliphatic carbocycles. The number of hydrogen-bond donors (Lipinski definition) is 0. The molecule has 0 spiro atoms. The summed E-state index contributed by atoms with van der Waals surface area (Å²) in [5, 5.41) is 12.7. The van der Waals surface area contributed by atoms with Gasteiger partial charge in [0.1, 0.15) is 5.69 Å². The highest BCUT2D eigenvalue weighted by atomic mass is 15.4. The van der Waals surface area contributed by atoms with Gasteiger partial charge >= 0.3 is 0 Å². The number of aromatic nitrogens is 5. The molecule has 0 fully saturated rings. The number of rotatable bonds is 4. The number of nitrogens with zero attached hydrogens (tertiary/aromatic N) is 5. The molecule has 25 heavy (non-hydrogen) atoms. The standard InChI is InChI=1S/C20H19N5/c1-15-3-7-18(8-4-15)20-14-25(23-22-20)12-16-5-9-17(10-6-16)19-11-21-24(2)13-19/h3-11,13-14H,12H2,1-2H3. The molecular weight excluding hydrogens is 310 g/mol.